The molecule has 0 bridgehead atoms. The third-order valence-electron chi connectivity index (χ3n) is 20.5. The fourth-order valence-corrected chi connectivity index (χ4v) is 34.7. The number of benzene rings is 4. The predicted octanol–water partition coefficient (Wildman–Crippen LogP) is 23.1. The maximum Gasteiger partial charge on any atom is 0.0313 e. The van der Waals surface area contributed by atoms with Gasteiger partial charge in [0.2, 0.25) is 23.5 Å². The van der Waals surface area contributed by atoms with Gasteiger partial charge in [0.25, 0.3) is 0 Å². The Morgan fingerprint density at radius 3 is 1.13 bits per heavy atom. The first-order valence-corrected chi connectivity index (χ1v) is 69.6. The molecule has 12 aromatic heterocycles. The zero-order valence-corrected chi connectivity index (χ0v) is 99.7. The van der Waals surface area contributed by atoms with E-state index < -0.39 is 36.8 Å². The van der Waals surface area contributed by atoms with Gasteiger partial charge >= 0.3 is 209 Å². The monoisotopic (exact) mass is 2290 g/mol. The molecule has 18 rings (SSSR count). The van der Waals surface area contributed by atoms with E-state index in [2.05, 4.69) is 153 Å². The van der Waals surface area contributed by atoms with Gasteiger partial charge in [-0.3, -0.25) is 0 Å². The predicted molar refractivity (Wildman–Crippen MR) is 611 cm³/mol. The standard InChI is InChI=1S/C9H14BNO3.C9H10N4O.C9H9N3OS.C8H12BNO2S.C8H7N3O2.C8H7N3OS.4C6H7N.C4H5N2.C4H4NS.3C4H9.4C2H6.3CH3.2Sn/c1-8(2)9(3,4)14-10(13-8)7-5-11-12-6-7;1-13-4-8(12-6-13)7-3-9(14-2)11-5-10-7;1-6-3-8(14-12-6)7-4-9(13-2)11-5-10-7;1-8(2)5-11-9(12-6-8)7-3-10-13-4-7;2*1-12-8-2-7(9-5-10-8)6-3-11-13-4-6;4*7-6-4-2-1-3-5-6;1-6-3-2-5-4-6;1-4-2-3-6-5-4;3*1-3-4-2;4*1-2;;;;;/h5-6H,1-4H3;3-6H,1-2H3;3-5H,1-2H3;3-4H,5-6H2,1-2H3;2*2-5H,1H3;4*1-5H,7H2;3-4H,1H3;2H,1H3;3*1,3-4H2,2H3;4*1-2H3;3*1H3;;. The quantitative estimate of drug-likeness (QED) is 0.0383. The van der Waals surface area contributed by atoms with Crippen molar-refractivity contribution in [3.8, 4) is 68.0 Å². The van der Waals surface area contributed by atoms with Gasteiger partial charge in [-0.05, 0) is 124 Å². The van der Waals surface area contributed by atoms with E-state index in [0.29, 0.717) is 23.5 Å². The molecule has 788 valence electrons. The summed E-state index contributed by atoms with van der Waals surface area (Å²) in [5.74, 6) is 2.20. The van der Waals surface area contributed by atoms with E-state index in [0.717, 1.165) is 97.1 Å². The minimum atomic E-state index is -2.21. The summed E-state index contributed by atoms with van der Waals surface area (Å²) >= 11 is 2.00. The molecule has 2 saturated heterocycles. The van der Waals surface area contributed by atoms with Crippen molar-refractivity contribution in [2.45, 2.75) is 209 Å². The maximum atomic E-state index is 5.79. The third kappa shape index (κ3) is 49.8. The average molecular weight is 2290 g/mol. The minimum absolute atomic E-state index is 0.139. The van der Waals surface area contributed by atoms with E-state index in [4.69, 9.17) is 74.5 Å². The summed E-state index contributed by atoms with van der Waals surface area (Å²) in [7, 11) is 9.76. The van der Waals surface area contributed by atoms with Crippen LogP contribution in [0.5, 0.6) is 23.5 Å². The largest absolute Gasteiger partial charge is 0.399 e. The van der Waals surface area contributed by atoms with E-state index in [1.54, 1.807) is 108 Å². The van der Waals surface area contributed by atoms with Gasteiger partial charge in [-0.25, -0.2) is 53.6 Å². The molecule has 0 amide bonds. The van der Waals surface area contributed by atoms with Crippen LogP contribution >= 0.6 is 46.1 Å². The second-order valence-electron chi connectivity index (χ2n) is 34.2. The maximum absolute atomic E-state index is 5.79. The Morgan fingerprint density at radius 1 is 0.411 bits per heavy atom. The van der Waals surface area contributed by atoms with Crippen molar-refractivity contribution in [1.82, 2.24) is 86.8 Å². The van der Waals surface area contributed by atoms with Gasteiger partial charge in [-0.15, -0.1) is 0 Å². The first kappa shape index (κ1) is 129. The summed E-state index contributed by atoms with van der Waals surface area (Å²) in [5.41, 5.74) is 34.1. The zero-order valence-electron chi connectivity index (χ0n) is 90.8. The summed E-state index contributed by atoms with van der Waals surface area (Å²) in [4.78, 5) is 49.3. The second-order valence-corrected chi connectivity index (χ2v) is 65.6. The molecule has 0 atom stereocenters. The number of para-hydroxylation sites is 4. The molecule has 2 aliphatic rings. The third-order valence-corrected chi connectivity index (χ3v) is 47.9. The van der Waals surface area contributed by atoms with Crippen LogP contribution in [0.2, 0.25) is 28.1 Å². The van der Waals surface area contributed by atoms with Gasteiger partial charge in [0.15, 0.2) is 0 Å². The van der Waals surface area contributed by atoms with E-state index in [1.165, 1.54) is 124 Å². The summed E-state index contributed by atoms with van der Waals surface area (Å²) < 4.78 is 80.3. The number of ether oxygens (including phenoxy) is 4. The van der Waals surface area contributed by atoms with Crippen molar-refractivity contribution in [3.05, 3.63) is 268 Å². The van der Waals surface area contributed by atoms with Crippen molar-refractivity contribution in [2.24, 2.45) is 19.5 Å². The van der Waals surface area contributed by atoms with Crippen LogP contribution in [0.4, 0.5) is 22.7 Å². The van der Waals surface area contributed by atoms with Gasteiger partial charge in [-0.2, -0.15) is 4.37 Å². The first-order chi connectivity index (χ1) is 70.2. The Balaban J connectivity index is 0.000000410. The van der Waals surface area contributed by atoms with Crippen molar-refractivity contribution in [1.29, 1.82) is 0 Å². The molecule has 0 saturated carbocycles. The molecular weight excluding hydrogens is 2130 g/mol. The number of aryl methyl sites for hydroxylation is 4. The molecule has 0 unspecified atom stereocenters. The second kappa shape index (κ2) is 72.8. The molecule has 0 radical (unpaired) electrons. The van der Waals surface area contributed by atoms with E-state index in [1.807, 2.05) is 252 Å². The van der Waals surface area contributed by atoms with E-state index in [9.17, 15) is 0 Å². The van der Waals surface area contributed by atoms with Crippen molar-refractivity contribution in [2.75, 3.05) is 64.6 Å². The summed E-state index contributed by atoms with van der Waals surface area (Å²) in [6, 6.07) is 49.2. The zero-order chi connectivity index (χ0) is 108. The van der Waals surface area contributed by atoms with Gasteiger partial charge in [0.05, 0.1) is 103 Å². The Labute approximate surface area is 892 Å². The first-order valence-electron chi connectivity index (χ1n) is 48.9. The van der Waals surface area contributed by atoms with Crippen molar-refractivity contribution in [3.63, 3.8) is 0 Å². The van der Waals surface area contributed by atoms with Gasteiger partial charge in [0.1, 0.15) is 43.5 Å². The Hall–Kier alpha value is -11.5. The molecule has 14 heterocycles. The number of rotatable bonds is 21. The van der Waals surface area contributed by atoms with Crippen LogP contribution in [0, 0.1) is 19.3 Å². The average Bonchev–Trinajstić information content (AvgIpc) is 1.62. The van der Waals surface area contributed by atoms with Crippen LogP contribution in [-0.4, -0.2) is 191 Å². The smallest absolute Gasteiger partial charge is 0.0313 e. The van der Waals surface area contributed by atoms with Gasteiger partial charge in [-0.1, -0.05) is 152 Å². The van der Waals surface area contributed by atoms with Crippen LogP contribution in [-0.2, 0) is 32.7 Å². The SMILES string of the molecule is CC.CC.CC.CC.CC1(C)COB(c2cnsc2)OC1.CC1(C)OB(c2cnoc2)OC1(C)C.CCC[CH2][Sn]([CH2]CCC)([CH2]CCC)[c]1cn(C)cn1.COc1cc(-c2cc(C)ns2)ncn1.COc1cc(-c2cn(C)cn2)ncn1.COc1cc(-c2cnoc2)ncn1.COc1cc(-c2cnsc2)ncn1.Cc1c[c]([Sn]([CH3])([CH3])[CH3])sn1.Nc1ccccc1.Nc1ccccc1.Nc1ccccc1.Nc1ccccc1. The molecule has 0 aliphatic carbocycles. The van der Waals surface area contributed by atoms with Crippen LogP contribution in [0.3, 0.4) is 0 Å². The Morgan fingerprint density at radius 2 is 0.801 bits per heavy atom. The molecule has 146 heavy (non-hydrogen) atoms. The summed E-state index contributed by atoms with van der Waals surface area (Å²) in [5, 5.41) is 11.1. The molecule has 2 aliphatic heterocycles. The summed E-state index contributed by atoms with van der Waals surface area (Å²) in [6.45, 7) is 40.8. The number of hydrogen-bond acceptors (Lipinski definition) is 34. The molecule has 4 aromatic carbocycles. The van der Waals surface area contributed by atoms with Gasteiger partial charge in [0, 0.05) is 112 Å². The number of unbranched alkanes of at least 4 members (excludes halogenated alkanes) is 3. The number of methoxy groups -OCH3 is 4. The molecular formula is C106H156B2N22O10S4Sn2. The summed E-state index contributed by atoms with van der Waals surface area (Å²) in [6.07, 6.45) is 31.9. The molecule has 0 spiro atoms. The number of anilines is 4. The normalized spacial score (nSPS) is 12.2. The number of nitrogens with two attached hydrogens (primary N) is 4. The fraction of sp³-hybridized carbons (Fsp3) is 0.396. The Kier molecular flexibility index (Phi) is 64.1. The number of nitrogens with zero attached hydrogens (tertiary/aromatic N) is 18. The van der Waals surface area contributed by atoms with Crippen LogP contribution < -0.4 is 59.4 Å². The minimum Gasteiger partial charge on any atom is -0.399 e. The fourth-order valence-electron chi connectivity index (χ4n) is 12.1. The van der Waals surface area contributed by atoms with Crippen molar-refractivity contribution >= 4 is 137 Å². The molecule has 8 N–H and O–H groups in total. The van der Waals surface area contributed by atoms with Crippen molar-refractivity contribution < 1.29 is 46.6 Å². The van der Waals surface area contributed by atoms with Crippen LogP contribution in [0.15, 0.2) is 265 Å². The topological polar surface area (TPSA) is 420 Å². The van der Waals surface area contributed by atoms with E-state index >= 15 is 0 Å². The van der Waals surface area contributed by atoms with Crippen LogP contribution in [0.1, 0.15) is 168 Å². The van der Waals surface area contributed by atoms with Crippen LogP contribution in [0.25, 0.3) is 44.5 Å². The van der Waals surface area contributed by atoms with Gasteiger partial charge < -0.3 is 74.1 Å². The number of nitrogen functional groups attached to an aromatic ring is 4. The Bertz CT molecular complexity index is 5550. The molecule has 16 aromatic rings. The molecule has 32 nitrogen and oxygen atoms in total. The molecule has 40 heteroatoms. The molecule has 2 fully saturated rings. The van der Waals surface area contributed by atoms with E-state index in [-0.39, 0.29) is 30.9 Å². The number of aromatic nitrogens is 18. The number of hydrogen-bond donors (Lipinski definition) is 4. The number of imidazole rings is 2.